The molecule has 0 unspecified atom stereocenters. The topological polar surface area (TPSA) is 22.1 Å². The van der Waals surface area contributed by atoms with Gasteiger partial charge in [-0.05, 0) is 72.5 Å². The third-order valence-electron chi connectivity index (χ3n) is 6.43. The molecule has 0 aliphatic heterocycles. The first kappa shape index (κ1) is 31.9. The summed E-state index contributed by atoms with van der Waals surface area (Å²) < 4.78 is 145. The third kappa shape index (κ3) is 6.92. The van der Waals surface area contributed by atoms with Gasteiger partial charge in [-0.2, -0.15) is 22.0 Å². The van der Waals surface area contributed by atoms with E-state index in [1.165, 1.54) is 24.1 Å². The fourth-order valence-corrected chi connectivity index (χ4v) is 4.30. The molecular weight excluding hydrogens is 628 g/mol. The van der Waals surface area contributed by atoms with Crippen molar-refractivity contribution in [1.82, 2.24) is 4.98 Å². The molecule has 0 N–H and O–H groups in total. The number of hydrogen-bond acceptors (Lipinski definition) is 2. The Labute approximate surface area is 254 Å². The van der Waals surface area contributed by atoms with Crippen molar-refractivity contribution in [3.05, 3.63) is 130 Å². The molecule has 0 saturated heterocycles. The molecule has 0 saturated carbocycles. The maximum Gasteiger partial charge on any atom is 0.458 e. The molecule has 5 rings (SSSR count). The van der Waals surface area contributed by atoms with Crippen LogP contribution in [0.15, 0.2) is 72.9 Å². The average Bonchev–Trinajstić information content (AvgIpc) is 2.95. The minimum atomic E-state index is -5.03. The second kappa shape index (κ2) is 12.1. The molecular formula is C34H15F10NO. The summed E-state index contributed by atoms with van der Waals surface area (Å²) in [6.07, 6.45) is -8.09. The van der Waals surface area contributed by atoms with Crippen LogP contribution in [0.25, 0.3) is 22.0 Å². The normalized spacial score (nSPS) is 11.5. The number of hydrogen-bond donors (Lipinski definition) is 0. The van der Waals surface area contributed by atoms with Gasteiger partial charge in [0.25, 0.3) is 0 Å². The lowest BCUT2D eigenvalue weighted by atomic mass is 10.0. The zero-order valence-corrected chi connectivity index (χ0v) is 23.1. The first-order valence-electron chi connectivity index (χ1n) is 12.9. The van der Waals surface area contributed by atoms with Crippen molar-refractivity contribution in [1.29, 1.82) is 0 Å². The molecule has 1 aromatic heterocycles. The molecule has 232 valence electrons. The SMILES string of the molecule is Cc1ccc(-c2ccc(C#Cc3cc(F)c(C(F)(F)Oc4ccc5c(F)c(C#CC(F)(F)F)c(F)cc5c4)c(F)c3)c(F)c2)nc1. The number of halogens is 10. The number of alkyl halides is 5. The van der Waals surface area contributed by atoms with Gasteiger partial charge in [-0.25, -0.2) is 22.0 Å². The second-order valence-corrected chi connectivity index (χ2v) is 9.78. The first-order chi connectivity index (χ1) is 21.6. The summed E-state index contributed by atoms with van der Waals surface area (Å²) in [5.74, 6) is -1.28. The van der Waals surface area contributed by atoms with E-state index in [0.717, 1.165) is 23.6 Å². The molecule has 2 nitrogen and oxygen atoms in total. The predicted molar refractivity (Wildman–Crippen MR) is 148 cm³/mol. The van der Waals surface area contributed by atoms with Crippen molar-refractivity contribution in [2.75, 3.05) is 0 Å². The Hall–Kier alpha value is -5.49. The van der Waals surface area contributed by atoms with Gasteiger partial charge in [0.1, 0.15) is 40.4 Å². The van der Waals surface area contributed by atoms with Crippen LogP contribution in [0.2, 0.25) is 0 Å². The summed E-state index contributed by atoms with van der Waals surface area (Å²) in [7, 11) is 0. The Morgan fingerprint density at radius 2 is 1.41 bits per heavy atom. The largest absolute Gasteiger partial charge is 0.458 e. The van der Waals surface area contributed by atoms with E-state index in [0.29, 0.717) is 35.5 Å². The predicted octanol–water partition coefficient (Wildman–Crippen LogP) is 9.35. The van der Waals surface area contributed by atoms with Crippen LogP contribution in [0.4, 0.5) is 43.9 Å². The number of benzene rings is 4. The molecule has 46 heavy (non-hydrogen) atoms. The Morgan fingerprint density at radius 1 is 0.696 bits per heavy atom. The van der Waals surface area contributed by atoms with Gasteiger partial charge in [-0.1, -0.05) is 29.9 Å². The highest BCUT2D eigenvalue weighted by Gasteiger charge is 2.41. The number of aryl methyl sites for hydroxylation is 1. The van der Waals surface area contributed by atoms with E-state index >= 15 is 0 Å². The molecule has 1 heterocycles. The summed E-state index contributed by atoms with van der Waals surface area (Å²) in [5.41, 5.74) is -1.70. The van der Waals surface area contributed by atoms with Crippen molar-refractivity contribution in [3.8, 4) is 40.7 Å². The minimum absolute atomic E-state index is 0.141. The van der Waals surface area contributed by atoms with Gasteiger partial charge in [0.2, 0.25) is 0 Å². The van der Waals surface area contributed by atoms with Crippen molar-refractivity contribution >= 4 is 10.8 Å². The Bertz CT molecular complexity index is 2090. The Balaban J connectivity index is 1.39. The van der Waals surface area contributed by atoms with Crippen LogP contribution in [0.3, 0.4) is 0 Å². The molecule has 0 radical (unpaired) electrons. The van der Waals surface area contributed by atoms with Crippen molar-refractivity contribution in [2.45, 2.75) is 19.2 Å². The molecule has 0 bridgehead atoms. The molecule has 0 amide bonds. The smallest absolute Gasteiger partial charge is 0.429 e. The van der Waals surface area contributed by atoms with Crippen LogP contribution in [0.5, 0.6) is 5.75 Å². The molecule has 0 fully saturated rings. The van der Waals surface area contributed by atoms with Gasteiger partial charge in [0.15, 0.2) is 0 Å². The van der Waals surface area contributed by atoms with E-state index < -0.39 is 74.6 Å². The minimum Gasteiger partial charge on any atom is -0.429 e. The van der Waals surface area contributed by atoms with Crippen LogP contribution in [0.1, 0.15) is 27.8 Å². The zero-order chi connectivity index (χ0) is 33.4. The summed E-state index contributed by atoms with van der Waals surface area (Å²) in [4.78, 5) is 4.20. The molecule has 0 aliphatic rings. The fourth-order valence-electron chi connectivity index (χ4n) is 4.30. The number of rotatable bonds is 4. The lowest BCUT2D eigenvalue weighted by Crippen LogP contribution is -2.25. The van der Waals surface area contributed by atoms with Gasteiger partial charge in [-0.3, -0.25) is 4.98 Å². The summed E-state index contributed by atoms with van der Waals surface area (Å²) in [6.45, 7) is 1.84. The van der Waals surface area contributed by atoms with Crippen LogP contribution in [-0.2, 0) is 6.11 Å². The number of fused-ring (bicyclic) bond motifs is 1. The average molecular weight is 643 g/mol. The molecule has 4 aromatic carbocycles. The highest BCUT2D eigenvalue weighted by Crippen LogP contribution is 2.37. The zero-order valence-electron chi connectivity index (χ0n) is 23.1. The summed E-state index contributed by atoms with van der Waals surface area (Å²) >= 11 is 0. The lowest BCUT2D eigenvalue weighted by molar-refractivity contribution is -0.189. The van der Waals surface area contributed by atoms with Crippen LogP contribution < -0.4 is 4.74 Å². The maximum atomic E-state index is 15.0. The monoisotopic (exact) mass is 643 g/mol. The highest BCUT2D eigenvalue weighted by atomic mass is 19.4. The summed E-state index contributed by atoms with van der Waals surface area (Å²) in [5, 5.41) is -0.899. The number of ether oxygens (including phenoxy) is 1. The number of pyridine rings is 1. The quantitative estimate of drug-likeness (QED) is 0.144. The van der Waals surface area contributed by atoms with Crippen LogP contribution in [0, 0.1) is 59.7 Å². The van der Waals surface area contributed by atoms with E-state index in [2.05, 4.69) is 21.6 Å². The van der Waals surface area contributed by atoms with Crippen LogP contribution >= 0.6 is 0 Å². The standard InChI is InChI=1S/C34H15F10NO/c1-18-2-9-30(45-17-18)21-6-5-20(26(35)15-21)4-3-19-12-28(37)31(29(38)13-19)34(43,44)46-23-7-8-24-22(14-23)16-27(36)25(32(24)39)10-11-33(40,41)42/h2,5-9,12-17H,1H3. The molecule has 12 heteroatoms. The van der Waals surface area contributed by atoms with Crippen LogP contribution in [-0.4, -0.2) is 11.2 Å². The van der Waals surface area contributed by atoms with E-state index in [1.54, 1.807) is 18.3 Å². The van der Waals surface area contributed by atoms with Gasteiger partial charge in [0, 0.05) is 28.6 Å². The van der Waals surface area contributed by atoms with Gasteiger partial charge < -0.3 is 4.74 Å². The van der Waals surface area contributed by atoms with Crippen molar-refractivity contribution in [3.63, 3.8) is 0 Å². The first-order valence-corrected chi connectivity index (χ1v) is 12.9. The van der Waals surface area contributed by atoms with Crippen molar-refractivity contribution in [2.24, 2.45) is 0 Å². The Morgan fingerprint density at radius 3 is 2.04 bits per heavy atom. The number of aromatic nitrogens is 1. The number of nitrogens with zero attached hydrogens (tertiary/aromatic N) is 1. The van der Waals surface area contributed by atoms with E-state index in [1.807, 2.05) is 6.92 Å². The van der Waals surface area contributed by atoms with Crippen molar-refractivity contribution < 1.29 is 48.6 Å². The van der Waals surface area contributed by atoms with Gasteiger partial charge in [-0.15, -0.1) is 0 Å². The second-order valence-electron chi connectivity index (χ2n) is 9.78. The van der Waals surface area contributed by atoms with E-state index in [4.69, 9.17) is 0 Å². The van der Waals surface area contributed by atoms with E-state index in [9.17, 15) is 43.9 Å². The third-order valence-corrected chi connectivity index (χ3v) is 6.43. The molecule has 0 aliphatic carbocycles. The maximum absolute atomic E-state index is 15.0. The fraction of sp³-hybridized carbons (Fsp3) is 0.0882. The molecule has 5 aromatic rings. The highest BCUT2D eigenvalue weighted by molar-refractivity contribution is 5.86. The van der Waals surface area contributed by atoms with Gasteiger partial charge in [0.05, 0.1) is 16.8 Å². The Kier molecular flexibility index (Phi) is 8.42. The summed E-state index contributed by atoms with van der Waals surface area (Å²) in [6, 6.07) is 11.2. The van der Waals surface area contributed by atoms with Gasteiger partial charge >= 0.3 is 12.3 Å². The lowest BCUT2D eigenvalue weighted by Gasteiger charge is -2.20. The van der Waals surface area contributed by atoms with E-state index in [-0.39, 0.29) is 5.56 Å². The molecule has 0 spiro atoms. The molecule has 0 atom stereocenters.